The molecule has 16 heavy (non-hydrogen) atoms. The number of carboxylic acid groups (broad SMARTS) is 1. The fraction of sp³-hybridized carbons (Fsp3) is 0.500. The van der Waals surface area contributed by atoms with E-state index in [2.05, 4.69) is 10.2 Å². The molecule has 1 aromatic rings. The Kier molecular flexibility index (Phi) is 2.47. The van der Waals surface area contributed by atoms with Crippen LogP contribution >= 0.6 is 0 Å². The zero-order chi connectivity index (χ0) is 11.7. The van der Waals surface area contributed by atoms with Crippen molar-refractivity contribution in [2.75, 3.05) is 18.0 Å². The van der Waals surface area contributed by atoms with Crippen molar-refractivity contribution >= 4 is 17.5 Å². The average molecular weight is 226 g/mol. The van der Waals surface area contributed by atoms with Crippen LogP contribution in [-0.2, 0) is 4.79 Å². The van der Waals surface area contributed by atoms with E-state index in [9.17, 15) is 14.9 Å². The lowest BCUT2D eigenvalue weighted by molar-refractivity contribution is -0.388. The molecule has 1 aliphatic rings. The molecule has 8 nitrogen and oxygen atoms in total. The van der Waals surface area contributed by atoms with Gasteiger partial charge in [-0.05, 0) is 11.3 Å². The van der Waals surface area contributed by atoms with E-state index in [1.54, 1.807) is 4.90 Å². The maximum atomic E-state index is 10.8. The van der Waals surface area contributed by atoms with Crippen LogP contribution in [0.1, 0.15) is 6.42 Å². The molecule has 1 aromatic heterocycles. The number of H-pyrrole nitrogens is 1. The number of rotatable bonds is 3. The second-order valence-electron chi connectivity index (χ2n) is 3.63. The van der Waals surface area contributed by atoms with Crippen LogP contribution in [0.5, 0.6) is 0 Å². The summed E-state index contributed by atoms with van der Waals surface area (Å²) in [7, 11) is 0. The number of carbonyl (C=O) groups is 1. The number of carboxylic acids is 1. The summed E-state index contributed by atoms with van der Waals surface area (Å²) in [6.07, 6.45) is 1.85. The molecule has 1 aliphatic heterocycles. The van der Waals surface area contributed by atoms with Gasteiger partial charge in [0.2, 0.25) is 0 Å². The minimum absolute atomic E-state index is 0.189. The Morgan fingerprint density at radius 3 is 3.06 bits per heavy atom. The average Bonchev–Trinajstić information content (AvgIpc) is 2.86. The lowest BCUT2D eigenvalue weighted by Crippen LogP contribution is -2.22. The van der Waals surface area contributed by atoms with Crippen molar-refractivity contribution in [2.45, 2.75) is 6.42 Å². The van der Waals surface area contributed by atoms with Crippen molar-refractivity contribution in [3.05, 3.63) is 16.3 Å². The highest BCUT2D eigenvalue weighted by atomic mass is 16.6. The molecular formula is C8H10N4O4. The molecule has 0 saturated carbocycles. The van der Waals surface area contributed by atoms with E-state index in [0.717, 1.165) is 0 Å². The van der Waals surface area contributed by atoms with Gasteiger partial charge in [0.1, 0.15) is 6.20 Å². The third-order valence-corrected chi connectivity index (χ3v) is 2.66. The monoisotopic (exact) mass is 226 g/mol. The Balaban J connectivity index is 2.17. The molecular weight excluding hydrogens is 216 g/mol. The molecule has 8 heteroatoms. The largest absolute Gasteiger partial charge is 0.481 e. The first-order chi connectivity index (χ1) is 7.59. The van der Waals surface area contributed by atoms with Crippen molar-refractivity contribution in [3.63, 3.8) is 0 Å². The maximum Gasteiger partial charge on any atom is 0.366 e. The smallest absolute Gasteiger partial charge is 0.366 e. The summed E-state index contributed by atoms with van der Waals surface area (Å²) in [6, 6.07) is 0. The van der Waals surface area contributed by atoms with E-state index in [1.165, 1.54) is 6.20 Å². The van der Waals surface area contributed by atoms with Crippen LogP contribution in [0, 0.1) is 16.0 Å². The van der Waals surface area contributed by atoms with Crippen LogP contribution in [0.2, 0.25) is 0 Å². The molecule has 0 spiro atoms. The predicted octanol–water partition coefficient (Wildman–Crippen LogP) is 0.229. The van der Waals surface area contributed by atoms with E-state index in [0.29, 0.717) is 18.7 Å². The molecule has 2 heterocycles. The van der Waals surface area contributed by atoms with Crippen LogP contribution < -0.4 is 4.90 Å². The van der Waals surface area contributed by atoms with Gasteiger partial charge in [0.15, 0.2) is 5.69 Å². The highest BCUT2D eigenvalue weighted by molar-refractivity contribution is 5.72. The Labute approximate surface area is 90.0 Å². The van der Waals surface area contributed by atoms with Crippen molar-refractivity contribution in [1.29, 1.82) is 0 Å². The maximum absolute atomic E-state index is 10.8. The van der Waals surface area contributed by atoms with Crippen molar-refractivity contribution in [1.82, 2.24) is 10.2 Å². The third kappa shape index (κ3) is 1.69. The summed E-state index contributed by atoms with van der Waals surface area (Å²) in [4.78, 5) is 22.5. The first-order valence-electron chi connectivity index (χ1n) is 4.75. The van der Waals surface area contributed by atoms with E-state index in [-0.39, 0.29) is 12.4 Å². The van der Waals surface area contributed by atoms with E-state index >= 15 is 0 Å². The molecule has 86 valence electrons. The summed E-state index contributed by atoms with van der Waals surface area (Å²) in [5, 5.41) is 25.4. The normalized spacial score (nSPS) is 20.0. The van der Waals surface area contributed by atoms with Crippen molar-refractivity contribution < 1.29 is 14.8 Å². The lowest BCUT2D eigenvalue weighted by atomic mass is 10.1. The second-order valence-corrected chi connectivity index (χ2v) is 3.63. The molecule has 1 atom stereocenters. The fourth-order valence-electron chi connectivity index (χ4n) is 1.82. The quantitative estimate of drug-likeness (QED) is 0.563. The van der Waals surface area contributed by atoms with Gasteiger partial charge in [0, 0.05) is 13.1 Å². The summed E-state index contributed by atoms with van der Waals surface area (Å²) in [6.45, 7) is 0.785. The van der Waals surface area contributed by atoms with Crippen molar-refractivity contribution in [3.8, 4) is 0 Å². The Bertz CT molecular complexity index is 429. The number of nitro groups is 1. The molecule has 1 unspecified atom stereocenters. The number of anilines is 1. The number of nitrogens with zero attached hydrogens (tertiary/aromatic N) is 3. The van der Waals surface area contributed by atoms with Gasteiger partial charge < -0.3 is 20.1 Å². The number of hydrogen-bond donors (Lipinski definition) is 2. The minimum atomic E-state index is -0.867. The molecule has 0 aliphatic carbocycles. The van der Waals surface area contributed by atoms with Gasteiger partial charge in [0.05, 0.1) is 5.92 Å². The lowest BCUT2D eigenvalue weighted by Gasteiger charge is -2.14. The van der Waals surface area contributed by atoms with Crippen LogP contribution in [0.3, 0.4) is 0 Å². The molecule has 2 rings (SSSR count). The highest BCUT2D eigenvalue weighted by Gasteiger charge is 2.32. The van der Waals surface area contributed by atoms with Gasteiger partial charge in [-0.1, -0.05) is 5.10 Å². The Morgan fingerprint density at radius 2 is 2.50 bits per heavy atom. The SMILES string of the molecule is O=C(O)C1CCN(c2cn[nH]c2[N+](=O)[O-])C1. The van der Waals surface area contributed by atoms with Crippen LogP contribution in [-0.4, -0.2) is 39.3 Å². The standard InChI is InChI=1S/C8H10N4O4/c13-8(14)5-1-2-11(4-5)6-3-9-10-7(6)12(15)16/h3,5H,1-2,4H2,(H,9,10)(H,13,14). The Hall–Kier alpha value is -2.12. The summed E-state index contributed by atoms with van der Waals surface area (Å²) < 4.78 is 0. The summed E-state index contributed by atoms with van der Waals surface area (Å²) in [5.74, 6) is -1.52. The van der Waals surface area contributed by atoms with E-state index in [1.807, 2.05) is 0 Å². The second kappa shape index (κ2) is 3.80. The zero-order valence-corrected chi connectivity index (χ0v) is 8.29. The Morgan fingerprint density at radius 1 is 1.75 bits per heavy atom. The summed E-state index contributed by atoms with van der Waals surface area (Å²) in [5.41, 5.74) is 0.355. The van der Waals surface area contributed by atoms with Gasteiger partial charge in [-0.15, -0.1) is 5.10 Å². The molecule has 1 fully saturated rings. The molecule has 0 aromatic carbocycles. The topological polar surface area (TPSA) is 112 Å². The van der Waals surface area contributed by atoms with Gasteiger partial charge in [-0.2, -0.15) is 0 Å². The van der Waals surface area contributed by atoms with Crippen molar-refractivity contribution in [2.24, 2.45) is 5.92 Å². The molecule has 1 saturated heterocycles. The predicted molar refractivity (Wildman–Crippen MR) is 53.2 cm³/mol. The first kappa shape index (κ1) is 10.4. The summed E-state index contributed by atoms with van der Waals surface area (Å²) >= 11 is 0. The highest BCUT2D eigenvalue weighted by Crippen LogP contribution is 2.29. The van der Waals surface area contributed by atoms with Gasteiger partial charge in [0.25, 0.3) is 0 Å². The molecule has 0 bridgehead atoms. The molecule has 2 N–H and O–H groups in total. The number of nitrogens with one attached hydrogen (secondary N) is 1. The van der Waals surface area contributed by atoms with Gasteiger partial charge >= 0.3 is 11.8 Å². The van der Waals surface area contributed by atoms with E-state index < -0.39 is 16.8 Å². The van der Waals surface area contributed by atoms with Crippen LogP contribution in [0.15, 0.2) is 6.20 Å². The molecule has 0 radical (unpaired) electrons. The molecule has 0 amide bonds. The fourth-order valence-corrected chi connectivity index (χ4v) is 1.82. The zero-order valence-electron chi connectivity index (χ0n) is 8.29. The third-order valence-electron chi connectivity index (χ3n) is 2.66. The number of hydrogen-bond acceptors (Lipinski definition) is 5. The van der Waals surface area contributed by atoms with E-state index in [4.69, 9.17) is 5.11 Å². The number of aromatic amines is 1. The van der Waals surface area contributed by atoms with Gasteiger partial charge in [-0.3, -0.25) is 4.79 Å². The first-order valence-corrected chi connectivity index (χ1v) is 4.75. The van der Waals surface area contributed by atoms with Crippen LogP contribution in [0.25, 0.3) is 0 Å². The number of aromatic nitrogens is 2. The van der Waals surface area contributed by atoms with Gasteiger partial charge in [-0.25, -0.2) is 0 Å². The van der Waals surface area contributed by atoms with Crippen LogP contribution in [0.4, 0.5) is 11.5 Å². The number of aliphatic carboxylic acids is 1. The minimum Gasteiger partial charge on any atom is -0.481 e.